The smallest absolute Gasteiger partial charge is 0.251 e. The average molecular weight is 333 g/mol. The monoisotopic (exact) mass is 333 g/mol. The van der Waals surface area contributed by atoms with Crippen LogP contribution in [-0.2, 0) is 5.75 Å². The zero-order valence-electron chi connectivity index (χ0n) is 13.3. The standard InChI is InChI=1S/C16H23N5OS/c1-2-3-4-14(9-17)20-15(22)13-7-5-12(6-8-13)10-23-16-18-11-19-21-16/h5-8,11,14H,2-4,9-10,17H2,1H3,(H,20,22)(H,18,19,21). The Balaban J connectivity index is 1.86. The van der Waals surface area contributed by atoms with Gasteiger partial charge in [0.1, 0.15) is 6.33 Å². The van der Waals surface area contributed by atoms with Crippen LogP contribution >= 0.6 is 11.8 Å². The number of H-pyrrole nitrogens is 1. The highest BCUT2D eigenvalue weighted by molar-refractivity contribution is 7.98. The van der Waals surface area contributed by atoms with Crippen molar-refractivity contribution in [3.05, 3.63) is 41.7 Å². The molecule has 0 fully saturated rings. The molecule has 23 heavy (non-hydrogen) atoms. The fourth-order valence-corrected chi connectivity index (χ4v) is 2.87. The van der Waals surface area contributed by atoms with E-state index < -0.39 is 0 Å². The van der Waals surface area contributed by atoms with Crippen LogP contribution in [0.5, 0.6) is 0 Å². The summed E-state index contributed by atoms with van der Waals surface area (Å²) in [5, 5.41) is 10.4. The summed E-state index contributed by atoms with van der Waals surface area (Å²) in [6.45, 7) is 2.60. The average Bonchev–Trinajstić information content (AvgIpc) is 3.10. The Bertz CT molecular complexity index is 585. The Morgan fingerprint density at radius 2 is 2.17 bits per heavy atom. The third kappa shape index (κ3) is 5.69. The van der Waals surface area contributed by atoms with Crippen molar-refractivity contribution in [1.29, 1.82) is 0 Å². The molecule has 1 unspecified atom stereocenters. The Kier molecular flexibility index (Phi) is 7.09. The lowest BCUT2D eigenvalue weighted by Gasteiger charge is -2.16. The van der Waals surface area contributed by atoms with Gasteiger partial charge in [0.2, 0.25) is 0 Å². The minimum absolute atomic E-state index is 0.0455. The van der Waals surface area contributed by atoms with Crippen LogP contribution in [0, 0.1) is 0 Å². The molecule has 2 aromatic rings. The van der Waals surface area contributed by atoms with Crippen molar-refractivity contribution >= 4 is 17.7 Å². The molecule has 1 aromatic carbocycles. The van der Waals surface area contributed by atoms with Gasteiger partial charge in [0, 0.05) is 23.9 Å². The highest BCUT2D eigenvalue weighted by atomic mass is 32.2. The summed E-state index contributed by atoms with van der Waals surface area (Å²) in [7, 11) is 0. The van der Waals surface area contributed by atoms with Crippen LogP contribution < -0.4 is 11.1 Å². The second-order valence-electron chi connectivity index (χ2n) is 5.32. The zero-order valence-corrected chi connectivity index (χ0v) is 14.1. The van der Waals surface area contributed by atoms with Gasteiger partial charge in [-0.3, -0.25) is 9.89 Å². The predicted molar refractivity (Wildman–Crippen MR) is 92.2 cm³/mol. The van der Waals surface area contributed by atoms with E-state index in [1.165, 1.54) is 6.33 Å². The highest BCUT2D eigenvalue weighted by Crippen LogP contribution is 2.18. The molecule has 1 amide bonds. The van der Waals surface area contributed by atoms with Gasteiger partial charge in [0.25, 0.3) is 5.91 Å². The molecule has 0 aliphatic heterocycles. The fraction of sp³-hybridized carbons (Fsp3) is 0.438. The van der Waals surface area contributed by atoms with E-state index in [-0.39, 0.29) is 11.9 Å². The van der Waals surface area contributed by atoms with E-state index in [9.17, 15) is 4.79 Å². The van der Waals surface area contributed by atoms with Gasteiger partial charge in [-0.05, 0) is 24.1 Å². The van der Waals surface area contributed by atoms with Gasteiger partial charge in [-0.2, -0.15) is 5.10 Å². The minimum Gasteiger partial charge on any atom is -0.348 e. The summed E-state index contributed by atoms with van der Waals surface area (Å²) in [5.74, 6) is 0.713. The number of nitrogens with two attached hydrogens (primary N) is 1. The van der Waals surface area contributed by atoms with Crippen molar-refractivity contribution in [3.63, 3.8) is 0 Å². The maximum Gasteiger partial charge on any atom is 0.251 e. The Hall–Kier alpha value is -1.86. The number of thioether (sulfide) groups is 1. The first-order valence-electron chi connectivity index (χ1n) is 7.81. The largest absolute Gasteiger partial charge is 0.348 e. The number of nitrogens with one attached hydrogen (secondary N) is 2. The van der Waals surface area contributed by atoms with Gasteiger partial charge in [-0.1, -0.05) is 43.7 Å². The minimum atomic E-state index is -0.0639. The van der Waals surface area contributed by atoms with Gasteiger partial charge in [0.15, 0.2) is 5.16 Å². The van der Waals surface area contributed by atoms with Crippen LogP contribution in [0.15, 0.2) is 35.7 Å². The van der Waals surface area contributed by atoms with Crippen LogP contribution in [0.2, 0.25) is 0 Å². The van der Waals surface area contributed by atoms with E-state index in [1.807, 2.05) is 24.3 Å². The number of carbonyl (C=O) groups is 1. The summed E-state index contributed by atoms with van der Waals surface area (Å²) in [6.07, 6.45) is 4.58. The third-order valence-electron chi connectivity index (χ3n) is 3.51. The van der Waals surface area contributed by atoms with Gasteiger partial charge in [-0.15, -0.1) is 0 Å². The molecule has 7 heteroatoms. The van der Waals surface area contributed by atoms with Gasteiger partial charge >= 0.3 is 0 Å². The molecule has 0 saturated carbocycles. The molecular weight excluding hydrogens is 310 g/mol. The summed E-state index contributed by atoms with van der Waals surface area (Å²) < 4.78 is 0. The van der Waals surface area contributed by atoms with E-state index in [0.717, 1.165) is 35.7 Å². The molecule has 0 aliphatic carbocycles. The summed E-state index contributed by atoms with van der Waals surface area (Å²) in [5.41, 5.74) is 7.51. The third-order valence-corrected chi connectivity index (χ3v) is 4.46. The van der Waals surface area contributed by atoms with Crippen LogP contribution in [0.3, 0.4) is 0 Å². The predicted octanol–water partition coefficient (Wildman–Crippen LogP) is 2.34. The number of aromatic amines is 1. The lowest BCUT2D eigenvalue weighted by Crippen LogP contribution is -2.40. The Morgan fingerprint density at radius 1 is 1.39 bits per heavy atom. The number of nitrogens with zero attached hydrogens (tertiary/aromatic N) is 2. The Labute approximate surface area is 140 Å². The molecular formula is C16H23N5OS. The summed E-state index contributed by atoms with van der Waals surface area (Å²) >= 11 is 1.57. The number of carbonyl (C=O) groups excluding carboxylic acids is 1. The van der Waals surface area contributed by atoms with Crippen molar-refractivity contribution in [2.45, 2.75) is 43.1 Å². The number of hydrogen-bond donors (Lipinski definition) is 3. The molecule has 4 N–H and O–H groups in total. The first-order valence-corrected chi connectivity index (χ1v) is 8.79. The quantitative estimate of drug-likeness (QED) is 0.612. The van der Waals surface area contributed by atoms with E-state index >= 15 is 0 Å². The van der Waals surface area contributed by atoms with Crippen LogP contribution in [0.4, 0.5) is 0 Å². The molecule has 0 saturated heterocycles. The van der Waals surface area contributed by atoms with E-state index in [0.29, 0.717) is 12.1 Å². The van der Waals surface area contributed by atoms with Gasteiger partial charge in [-0.25, -0.2) is 4.98 Å². The maximum absolute atomic E-state index is 12.2. The van der Waals surface area contributed by atoms with Gasteiger partial charge in [0.05, 0.1) is 0 Å². The second-order valence-corrected chi connectivity index (χ2v) is 6.29. The van der Waals surface area contributed by atoms with Gasteiger partial charge < -0.3 is 11.1 Å². The SMILES string of the molecule is CCCCC(CN)NC(=O)c1ccc(CSc2ncn[nH]2)cc1. The molecule has 0 bridgehead atoms. The molecule has 0 radical (unpaired) electrons. The molecule has 1 aromatic heterocycles. The van der Waals surface area contributed by atoms with Crippen molar-refractivity contribution < 1.29 is 4.79 Å². The highest BCUT2D eigenvalue weighted by Gasteiger charge is 2.12. The number of rotatable bonds is 9. The number of unbranched alkanes of at least 4 members (excludes halogenated alkanes) is 1. The Morgan fingerprint density at radius 3 is 2.78 bits per heavy atom. The van der Waals surface area contributed by atoms with E-state index in [1.54, 1.807) is 11.8 Å². The first kappa shape index (κ1) is 17.5. The molecule has 2 rings (SSSR count). The lowest BCUT2D eigenvalue weighted by molar-refractivity contribution is 0.0936. The number of aromatic nitrogens is 3. The van der Waals surface area contributed by atoms with Crippen LogP contribution in [0.25, 0.3) is 0 Å². The second kappa shape index (κ2) is 9.32. The molecule has 0 spiro atoms. The topological polar surface area (TPSA) is 96.7 Å². The summed E-state index contributed by atoms with van der Waals surface area (Å²) in [4.78, 5) is 16.3. The van der Waals surface area contributed by atoms with Crippen LogP contribution in [0.1, 0.15) is 42.1 Å². The normalized spacial score (nSPS) is 12.1. The van der Waals surface area contributed by atoms with Crippen molar-refractivity contribution in [1.82, 2.24) is 20.5 Å². The van der Waals surface area contributed by atoms with Crippen molar-refractivity contribution in [2.24, 2.45) is 5.73 Å². The van der Waals surface area contributed by atoms with E-state index in [2.05, 4.69) is 27.4 Å². The number of hydrogen-bond acceptors (Lipinski definition) is 5. The fourth-order valence-electron chi connectivity index (χ4n) is 2.14. The first-order chi connectivity index (χ1) is 11.2. The van der Waals surface area contributed by atoms with Crippen molar-refractivity contribution in [2.75, 3.05) is 6.54 Å². The lowest BCUT2D eigenvalue weighted by atomic mass is 10.1. The van der Waals surface area contributed by atoms with Crippen LogP contribution in [-0.4, -0.2) is 33.7 Å². The molecule has 0 aliphatic rings. The number of benzene rings is 1. The summed E-state index contributed by atoms with van der Waals surface area (Å²) in [6, 6.07) is 7.66. The van der Waals surface area contributed by atoms with E-state index in [4.69, 9.17) is 5.73 Å². The number of amides is 1. The molecule has 124 valence electrons. The molecule has 6 nitrogen and oxygen atoms in total. The zero-order chi connectivity index (χ0) is 16.5. The van der Waals surface area contributed by atoms with Crippen molar-refractivity contribution in [3.8, 4) is 0 Å². The maximum atomic E-state index is 12.2. The molecule has 1 heterocycles. The molecule has 1 atom stereocenters.